The van der Waals surface area contributed by atoms with Crippen LogP contribution < -0.4 is 10.5 Å². The first-order valence-corrected chi connectivity index (χ1v) is 11.6. The third-order valence-corrected chi connectivity index (χ3v) is 6.21. The van der Waals surface area contributed by atoms with Crippen molar-refractivity contribution < 1.29 is 9.53 Å². The molecule has 0 unspecified atom stereocenters. The van der Waals surface area contributed by atoms with Gasteiger partial charge in [0.2, 0.25) is 0 Å². The van der Waals surface area contributed by atoms with Gasteiger partial charge in [0.25, 0.3) is 5.56 Å². The van der Waals surface area contributed by atoms with Crippen LogP contribution in [0.2, 0.25) is 0 Å². The molecule has 0 atom stereocenters. The van der Waals surface area contributed by atoms with E-state index in [1.807, 2.05) is 42.5 Å². The molecule has 3 aromatic heterocycles. The number of benzene rings is 1. The number of carbonyl (C=O) groups is 1. The second-order valence-corrected chi connectivity index (χ2v) is 8.38. The standard InChI is InChI=1S/C26H24N6O3/c1-2-35-26(34)21-14-20(18-8-9-22(28-16-18)31-12-10-17(15-27)11-13-31)23-24(29-21)32(30-25(23)33)19-6-4-3-5-7-19/h3-9,14,16-17H,2,10-13H2,1H3,(H,30,33). The number of piperidine rings is 1. The van der Waals surface area contributed by atoms with Crippen molar-refractivity contribution >= 4 is 22.8 Å². The Morgan fingerprint density at radius 3 is 2.63 bits per heavy atom. The highest BCUT2D eigenvalue weighted by Gasteiger charge is 2.22. The molecule has 1 N–H and O–H groups in total. The number of hydrogen-bond donors (Lipinski definition) is 1. The van der Waals surface area contributed by atoms with Crippen LogP contribution in [-0.2, 0) is 4.74 Å². The average molecular weight is 469 g/mol. The minimum absolute atomic E-state index is 0.0947. The van der Waals surface area contributed by atoms with Gasteiger partial charge in [-0.3, -0.25) is 9.89 Å². The predicted octanol–water partition coefficient (Wildman–Crippen LogP) is 3.69. The van der Waals surface area contributed by atoms with Gasteiger partial charge in [0.15, 0.2) is 11.3 Å². The molecule has 9 heteroatoms. The van der Waals surface area contributed by atoms with Crippen LogP contribution in [0.5, 0.6) is 0 Å². The number of carbonyl (C=O) groups excluding carboxylic acids is 1. The number of ether oxygens (including phenoxy) is 1. The Hall–Kier alpha value is -4.45. The normalized spacial score (nSPS) is 14.1. The molecule has 0 spiro atoms. The summed E-state index contributed by atoms with van der Waals surface area (Å²) in [6.07, 6.45) is 3.33. The first-order valence-electron chi connectivity index (χ1n) is 11.6. The Labute approximate surface area is 201 Å². The number of rotatable bonds is 5. The molecule has 0 amide bonds. The lowest BCUT2D eigenvalue weighted by Crippen LogP contribution is -2.33. The second kappa shape index (κ2) is 9.43. The van der Waals surface area contributed by atoms with Crippen LogP contribution in [0.3, 0.4) is 0 Å². The zero-order valence-electron chi connectivity index (χ0n) is 19.3. The van der Waals surface area contributed by atoms with Crippen molar-refractivity contribution in [2.24, 2.45) is 5.92 Å². The van der Waals surface area contributed by atoms with Gasteiger partial charge in [-0.05, 0) is 50.1 Å². The number of hydrogen-bond acceptors (Lipinski definition) is 7. The fourth-order valence-electron chi connectivity index (χ4n) is 4.40. The first-order chi connectivity index (χ1) is 17.1. The Morgan fingerprint density at radius 1 is 1.20 bits per heavy atom. The van der Waals surface area contributed by atoms with Gasteiger partial charge in [-0.2, -0.15) is 5.26 Å². The van der Waals surface area contributed by atoms with Crippen molar-refractivity contribution in [3.8, 4) is 22.9 Å². The molecular formula is C26H24N6O3. The van der Waals surface area contributed by atoms with Crippen LogP contribution in [0.1, 0.15) is 30.3 Å². The van der Waals surface area contributed by atoms with E-state index in [1.165, 1.54) is 0 Å². The highest BCUT2D eigenvalue weighted by atomic mass is 16.5. The van der Waals surface area contributed by atoms with Crippen molar-refractivity contribution in [1.29, 1.82) is 5.26 Å². The van der Waals surface area contributed by atoms with Crippen LogP contribution in [0, 0.1) is 17.2 Å². The molecule has 1 saturated heterocycles. The summed E-state index contributed by atoms with van der Waals surface area (Å²) in [7, 11) is 0. The zero-order chi connectivity index (χ0) is 24.4. The Morgan fingerprint density at radius 2 is 1.97 bits per heavy atom. The molecule has 0 saturated carbocycles. The number of H-pyrrole nitrogens is 1. The van der Waals surface area contributed by atoms with E-state index < -0.39 is 5.97 Å². The van der Waals surface area contributed by atoms with E-state index in [2.05, 4.69) is 26.0 Å². The van der Waals surface area contributed by atoms with E-state index in [4.69, 9.17) is 10.00 Å². The van der Waals surface area contributed by atoms with Gasteiger partial charge in [0.1, 0.15) is 5.82 Å². The summed E-state index contributed by atoms with van der Waals surface area (Å²) in [5, 5.41) is 12.3. The number of anilines is 1. The molecule has 176 valence electrons. The summed E-state index contributed by atoms with van der Waals surface area (Å²) in [6, 6.07) is 17.0. The van der Waals surface area contributed by atoms with Crippen LogP contribution in [0.15, 0.2) is 59.5 Å². The lowest BCUT2D eigenvalue weighted by atomic mass is 9.98. The second-order valence-electron chi connectivity index (χ2n) is 8.38. The van der Waals surface area contributed by atoms with Gasteiger partial charge in [0, 0.05) is 36.3 Å². The molecule has 4 heterocycles. The number of esters is 1. The summed E-state index contributed by atoms with van der Waals surface area (Å²) in [5.74, 6) is 0.350. The number of nitriles is 1. The molecule has 0 bridgehead atoms. The van der Waals surface area contributed by atoms with E-state index in [-0.39, 0.29) is 23.8 Å². The van der Waals surface area contributed by atoms with Gasteiger partial charge in [-0.1, -0.05) is 18.2 Å². The number of fused-ring (bicyclic) bond motifs is 1. The molecule has 1 fully saturated rings. The van der Waals surface area contributed by atoms with Crippen LogP contribution in [0.25, 0.3) is 27.8 Å². The zero-order valence-corrected chi connectivity index (χ0v) is 19.3. The van der Waals surface area contributed by atoms with Gasteiger partial charge in [-0.15, -0.1) is 0 Å². The highest BCUT2D eigenvalue weighted by molar-refractivity contribution is 5.98. The van der Waals surface area contributed by atoms with Crippen molar-refractivity contribution in [1.82, 2.24) is 19.7 Å². The first kappa shape index (κ1) is 22.3. The van der Waals surface area contributed by atoms with E-state index in [0.717, 1.165) is 31.7 Å². The van der Waals surface area contributed by atoms with E-state index in [1.54, 1.807) is 23.9 Å². The quantitative estimate of drug-likeness (QED) is 0.444. The molecule has 1 aliphatic heterocycles. The summed E-state index contributed by atoms with van der Waals surface area (Å²) in [4.78, 5) is 36.9. The maximum atomic E-state index is 13.1. The lowest BCUT2D eigenvalue weighted by Gasteiger charge is -2.30. The molecule has 35 heavy (non-hydrogen) atoms. The Bertz CT molecular complexity index is 1460. The molecule has 0 radical (unpaired) electrons. The molecule has 5 rings (SSSR count). The van der Waals surface area contributed by atoms with Gasteiger partial charge in [0.05, 0.1) is 23.7 Å². The minimum atomic E-state index is -0.561. The number of pyridine rings is 2. The fourth-order valence-corrected chi connectivity index (χ4v) is 4.40. The van der Waals surface area contributed by atoms with Crippen LogP contribution in [0.4, 0.5) is 5.82 Å². The van der Waals surface area contributed by atoms with Gasteiger partial charge < -0.3 is 9.64 Å². The molecule has 1 aliphatic rings. The van der Waals surface area contributed by atoms with Crippen LogP contribution in [-0.4, -0.2) is 45.4 Å². The molecular weight excluding hydrogens is 444 g/mol. The number of para-hydroxylation sites is 1. The Balaban J connectivity index is 1.60. The van der Waals surface area contributed by atoms with Crippen molar-refractivity contribution in [2.75, 3.05) is 24.6 Å². The maximum Gasteiger partial charge on any atom is 0.357 e. The molecule has 9 nitrogen and oxygen atoms in total. The highest BCUT2D eigenvalue weighted by Crippen LogP contribution is 2.29. The van der Waals surface area contributed by atoms with Crippen LogP contribution >= 0.6 is 0 Å². The topological polar surface area (TPSA) is 117 Å². The third kappa shape index (κ3) is 4.26. The SMILES string of the molecule is CCOC(=O)c1cc(-c2ccc(N3CCC(C#N)CC3)nc2)c2c(=O)[nH]n(-c3ccccc3)c2n1. The largest absolute Gasteiger partial charge is 0.461 e. The molecule has 0 aliphatic carbocycles. The number of aromatic nitrogens is 4. The predicted molar refractivity (Wildman–Crippen MR) is 131 cm³/mol. The summed E-state index contributed by atoms with van der Waals surface area (Å²) in [6.45, 7) is 3.49. The van der Waals surface area contributed by atoms with E-state index >= 15 is 0 Å². The van der Waals surface area contributed by atoms with Crippen molar-refractivity contribution in [3.63, 3.8) is 0 Å². The average Bonchev–Trinajstić information content (AvgIpc) is 3.25. The van der Waals surface area contributed by atoms with Crippen molar-refractivity contribution in [2.45, 2.75) is 19.8 Å². The summed E-state index contributed by atoms with van der Waals surface area (Å²) < 4.78 is 6.77. The molecule has 1 aromatic carbocycles. The summed E-state index contributed by atoms with van der Waals surface area (Å²) in [5.41, 5.74) is 2.09. The van der Waals surface area contributed by atoms with Gasteiger partial charge in [-0.25, -0.2) is 19.4 Å². The number of nitrogens with zero attached hydrogens (tertiary/aromatic N) is 5. The third-order valence-electron chi connectivity index (χ3n) is 6.21. The summed E-state index contributed by atoms with van der Waals surface area (Å²) >= 11 is 0. The number of nitrogens with one attached hydrogen (secondary N) is 1. The minimum Gasteiger partial charge on any atom is -0.461 e. The maximum absolute atomic E-state index is 13.1. The van der Waals surface area contributed by atoms with E-state index in [9.17, 15) is 9.59 Å². The van der Waals surface area contributed by atoms with Crippen molar-refractivity contribution in [3.05, 3.63) is 70.8 Å². The Kier molecular flexibility index (Phi) is 6.02. The van der Waals surface area contributed by atoms with Gasteiger partial charge >= 0.3 is 5.97 Å². The fraction of sp³-hybridized carbons (Fsp3) is 0.269. The number of aromatic amines is 1. The van der Waals surface area contributed by atoms with E-state index in [0.29, 0.717) is 27.8 Å². The monoisotopic (exact) mass is 468 g/mol. The lowest BCUT2D eigenvalue weighted by molar-refractivity contribution is 0.0520. The molecule has 4 aromatic rings. The smallest absolute Gasteiger partial charge is 0.357 e.